The number of amidine groups is 1. The van der Waals surface area contributed by atoms with Gasteiger partial charge in [0, 0.05) is 18.6 Å². The molecule has 0 spiro atoms. The lowest BCUT2D eigenvalue weighted by atomic mass is 9.85. The molecule has 2 saturated carbocycles. The molecule has 2 heterocycles. The van der Waals surface area contributed by atoms with Crippen LogP contribution < -0.4 is 10.5 Å². The lowest BCUT2D eigenvalue weighted by Crippen LogP contribution is -2.37. The fraction of sp³-hybridized carbons (Fsp3) is 0.480. The first-order valence-corrected chi connectivity index (χ1v) is 12.3. The van der Waals surface area contributed by atoms with Crippen LogP contribution in [0.4, 0.5) is 8.78 Å². The highest BCUT2D eigenvalue weighted by Gasteiger charge is 2.66. The van der Waals surface area contributed by atoms with E-state index in [1.54, 1.807) is 13.2 Å². The number of methoxy groups -OCH3 is 1. The van der Waals surface area contributed by atoms with E-state index in [-0.39, 0.29) is 16.4 Å². The topological polar surface area (TPSA) is 82.6 Å². The zero-order chi connectivity index (χ0) is 23.9. The van der Waals surface area contributed by atoms with E-state index in [0.717, 1.165) is 6.42 Å². The van der Waals surface area contributed by atoms with Crippen LogP contribution in [0.1, 0.15) is 49.4 Å². The van der Waals surface area contributed by atoms with Crippen LogP contribution in [0, 0.1) is 17.7 Å². The van der Waals surface area contributed by atoms with Gasteiger partial charge >= 0.3 is 0 Å². The molecule has 2 N–H and O–H groups in total. The summed E-state index contributed by atoms with van der Waals surface area (Å²) in [6.45, 7) is 3.02. The standard InChI is InChI=1S/C25H28F2N4O2S/c1-24(21-10-25(21,14-32-2)34-23(28)31-24)17-8-16(6-7-18(17)26)9-19(27)20-11-30-22(12-29-20)33-13-15-4-3-5-15/h6-9,11-12,15,21H,3-5,10,13-14H2,1-2H3,(H2,28,31)/b19-9-/t21?,24-,25-/m1/s1. The van der Waals surface area contributed by atoms with E-state index in [4.69, 9.17) is 15.2 Å². The molecule has 2 aromatic rings. The minimum Gasteiger partial charge on any atom is -0.476 e. The molecule has 3 atom stereocenters. The summed E-state index contributed by atoms with van der Waals surface area (Å²) in [4.78, 5) is 12.9. The summed E-state index contributed by atoms with van der Waals surface area (Å²) < 4.78 is 40.8. The molecule has 180 valence electrons. The van der Waals surface area contributed by atoms with Gasteiger partial charge in [0.2, 0.25) is 5.88 Å². The molecule has 3 aliphatic rings. The van der Waals surface area contributed by atoms with Crippen LogP contribution in [0.3, 0.4) is 0 Å². The number of ether oxygens (including phenoxy) is 2. The average molecular weight is 487 g/mol. The Morgan fingerprint density at radius 3 is 2.79 bits per heavy atom. The van der Waals surface area contributed by atoms with Crippen molar-refractivity contribution < 1.29 is 18.3 Å². The summed E-state index contributed by atoms with van der Waals surface area (Å²) in [6.07, 6.45) is 8.51. The van der Waals surface area contributed by atoms with Gasteiger partial charge in [-0.3, -0.25) is 4.99 Å². The number of benzene rings is 1. The van der Waals surface area contributed by atoms with Crippen molar-refractivity contribution in [2.75, 3.05) is 20.3 Å². The Morgan fingerprint density at radius 2 is 2.12 bits per heavy atom. The first-order valence-electron chi connectivity index (χ1n) is 11.5. The summed E-state index contributed by atoms with van der Waals surface area (Å²) in [5.41, 5.74) is 6.26. The molecular weight excluding hydrogens is 458 g/mol. The second-order valence-corrected chi connectivity index (χ2v) is 11.0. The van der Waals surface area contributed by atoms with Crippen molar-refractivity contribution in [2.24, 2.45) is 22.6 Å². The van der Waals surface area contributed by atoms with Gasteiger partial charge in [-0.15, -0.1) is 0 Å². The largest absolute Gasteiger partial charge is 0.476 e. The first-order chi connectivity index (χ1) is 16.3. The molecule has 5 rings (SSSR count). The second-order valence-electron chi connectivity index (χ2n) is 9.53. The first kappa shape index (κ1) is 23.2. The lowest BCUT2D eigenvalue weighted by Gasteiger charge is -2.34. The summed E-state index contributed by atoms with van der Waals surface area (Å²) in [7, 11) is 1.65. The molecule has 1 unspecified atom stereocenters. The number of hydrogen-bond donors (Lipinski definition) is 1. The molecule has 1 aliphatic heterocycles. The highest BCUT2D eigenvalue weighted by Crippen LogP contribution is 2.65. The maximum Gasteiger partial charge on any atom is 0.232 e. The van der Waals surface area contributed by atoms with Crippen LogP contribution >= 0.6 is 11.8 Å². The van der Waals surface area contributed by atoms with E-state index in [1.807, 2.05) is 6.92 Å². The van der Waals surface area contributed by atoms with Gasteiger partial charge < -0.3 is 15.2 Å². The number of nitrogens with two attached hydrogens (primary N) is 1. The van der Waals surface area contributed by atoms with Crippen LogP contribution in [-0.2, 0) is 10.3 Å². The summed E-state index contributed by atoms with van der Waals surface area (Å²) in [6, 6.07) is 4.52. The Balaban J connectivity index is 1.37. The number of hydrogen-bond acceptors (Lipinski definition) is 7. The summed E-state index contributed by atoms with van der Waals surface area (Å²) in [5, 5.41) is 0.412. The van der Waals surface area contributed by atoms with Gasteiger partial charge in [0.25, 0.3) is 0 Å². The fourth-order valence-corrected chi connectivity index (χ4v) is 6.40. The maximum atomic E-state index is 15.0. The number of aliphatic imine (C=N–C) groups is 1. The van der Waals surface area contributed by atoms with E-state index in [2.05, 4.69) is 15.0 Å². The zero-order valence-corrected chi connectivity index (χ0v) is 20.1. The van der Waals surface area contributed by atoms with Crippen LogP contribution in [0.25, 0.3) is 11.9 Å². The minimum atomic E-state index is -0.850. The van der Waals surface area contributed by atoms with Gasteiger partial charge in [-0.05, 0) is 55.9 Å². The third kappa shape index (κ3) is 4.31. The molecule has 2 aliphatic carbocycles. The normalized spacial score (nSPS) is 28.6. The Morgan fingerprint density at radius 1 is 1.29 bits per heavy atom. The van der Waals surface area contributed by atoms with Crippen LogP contribution in [0.5, 0.6) is 5.88 Å². The molecule has 0 radical (unpaired) electrons. The lowest BCUT2D eigenvalue weighted by molar-refractivity contribution is 0.175. The molecule has 0 amide bonds. The van der Waals surface area contributed by atoms with Crippen molar-refractivity contribution in [3.63, 3.8) is 0 Å². The predicted octanol–water partition coefficient (Wildman–Crippen LogP) is 4.94. The van der Waals surface area contributed by atoms with Gasteiger partial charge in [0.1, 0.15) is 11.5 Å². The van der Waals surface area contributed by atoms with E-state index in [9.17, 15) is 8.78 Å². The second kappa shape index (κ2) is 8.92. The van der Waals surface area contributed by atoms with E-state index in [1.165, 1.54) is 61.6 Å². The highest BCUT2D eigenvalue weighted by atomic mass is 32.2. The van der Waals surface area contributed by atoms with Crippen molar-refractivity contribution in [1.29, 1.82) is 0 Å². The van der Waals surface area contributed by atoms with E-state index in [0.29, 0.717) is 41.3 Å². The highest BCUT2D eigenvalue weighted by molar-refractivity contribution is 8.15. The van der Waals surface area contributed by atoms with Crippen molar-refractivity contribution in [1.82, 2.24) is 9.97 Å². The molecule has 9 heteroatoms. The Kier molecular flexibility index (Phi) is 6.10. The quantitative estimate of drug-likeness (QED) is 0.569. The van der Waals surface area contributed by atoms with Gasteiger partial charge in [-0.2, -0.15) is 0 Å². The minimum absolute atomic E-state index is 0.0779. The molecule has 34 heavy (non-hydrogen) atoms. The third-order valence-electron chi connectivity index (χ3n) is 7.14. The molecule has 6 nitrogen and oxygen atoms in total. The zero-order valence-electron chi connectivity index (χ0n) is 19.3. The molecule has 0 saturated heterocycles. The Hall–Kier alpha value is -2.52. The summed E-state index contributed by atoms with van der Waals surface area (Å²) in [5.74, 6) is 0.0761. The molecule has 1 aromatic carbocycles. The SMILES string of the molecule is COC[C@]12CC1[C@@](C)(c1cc(/C=C(\F)c3cnc(OCC4CCC4)cn3)ccc1F)N=C(N)S2. The smallest absolute Gasteiger partial charge is 0.232 e. The number of rotatable bonds is 8. The number of nitrogens with zero attached hydrogens (tertiary/aromatic N) is 3. The maximum absolute atomic E-state index is 15.0. The van der Waals surface area contributed by atoms with Crippen LogP contribution in [0.2, 0.25) is 0 Å². The van der Waals surface area contributed by atoms with Gasteiger partial charge in [-0.25, -0.2) is 18.7 Å². The molecule has 0 bridgehead atoms. The van der Waals surface area contributed by atoms with E-state index >= 15 is 0 Å². The Labute approximate surface area is 202 Å². The third-order valence-corrected chi connectivity index (χ3v) is 8.41. The molecule has 2 fully saturated rings. The van der Waals surface area contributed by atoms with Crippen molar-refractivity contribution in [3.8, 4) is 5.88 Å². The van der Waals surface area contributed by atoms with Gasteiger partial charge in [0.15, 0.2) is 11.0 Å². The number of thioether (sulfide) groups is 1. The van der Waals surface area contributed by atoms with Gasteiger partial charge in [-0.1, -0.05) is 24.2 Å². The Bertz CT molecular complexity index is 1140. The van der Waals surface area contributed by atoms with Crippen molar-refractivity contribution >= 4 is 28.8 Å². The number of halogens is 2. The van der Waals surface area contributed by atoms with Crippen LogP contribution in [0.15, 0.2) is 35.6 Å². The van der Waals surface area contributed by atoms with E-state index < -0.39 is 17.2 Å². The van der Waals surface area contributed by atoms with Crippen LogP contribution in [-0.4, -0.2) is 40.2 Å². The molecular formula is C25H28F2N4O2S. The fourth-order valence-electron chi connectivity index (χ4n) is 4.95. The number of aromatic nitrogens is 2. The predicted molar refractivity (Wildman–Crippen MR) is 130 cm³/mol. The summed E-state index contributed by atoms with van der Waals surface area (Å²) >= 11 is 1.50. The molecule has 1 aromatic heterocycles. The monoisotopic (exact) mass is 486 g/mol. The average Bonchev–Trinajstić information content (AvgIpc) is 3.49. The number of fused-ring (bicyclic) bond motifs is 1. The van der Waals surface area contributed by atoms with Crippen molar-refractivity contribution in [3.05, 3.63) is 53.2 Å². The van der Waals surface area contributed by atoms with Crippen molar-refractivity contribution in [2.45, 2.75) is 42.9 Å². The van der Waals surface area contributed by atoms with Gasteiger partial charge in [0.05, 0.1) is 35.9 Å².